The van der Waals surface area contributed by atoms with Crippen LogP contribution in [0.4, 0.5) is 4.79 Å². The van der Waals surface area contributed by atoms with Gasteiger partial charge in [0.25, 0.3) is 0 Å². The molecular weight excluding hydrogens is 270 g/mol. The van der Waals surface area contributed by atoms with Crippen LogP contribution in [0.5, 0.6) is 0 Å². The van der Waals surface area contributed by atoms with Gasteiger partial charge in [0.2, 0.25) is 0 Å². The number of nitrogens with zero attached hydrogens (tertiary/aromatic N) is 1. The predicted molar refractivity (Wildman–Crippen MR) is 71.1 cm³/mol. The van der Waals surface area contributed by atoms with Crippen LogP contribution in [0, 0.1) is 0 Å². The SMILES string of the molecule is CC(Br)CCN(C(=O)OC(C)(C)C)C(C)C. The summed E-state index contributed by atoms with van der Waals surface area (Å²) >= 11 is 3.48. The zero-order chi connectivity index (χ0) is 12.9. The fourth-order valence-corrected chi connectivity index (χ4v) is 1.40. The summed E-state index contributed by atoms with van der Waals surface area (Å²) in [6.45, 7) is 12.5. The number of amides is 1. The van der Waals surface area contributed by atoms with Crippen LogP contribution in [0.15, 0.2) is 0 Å². The molecule has 0 saturated carbocycles. The van der Waals surface area contributed by atoms with Crippen molar-refractivity contribution in [3.8, 4) is 0 Å². The van der Waals surface area contributed by atoms with Crippen LogP contribution >= 0.6 is 15.9 Å². The number of rotatable bonds is 4. The van der Waals surface area contributed by atoms with Crippen LogP contribution in [-0.2, 0) is 4.74 Å². The zero-order valence-corrected chi connectivity index (χ0v) is 12.8. The molecule has 16 heavy (non-hydrogen) atoms. The fraction of sp³-hybridized carbons (Fsp3) is 0.917. The minimum atomic E-state index is -0.426. The van der Waals surface area contributed by atoms with Gasteiger partial charge in [0.05, 0.1) is 0 Å². The van der Waals surface area contributed by atoms with Gasteiger partial charge in [0, 0.05) is 17.4 Å². The zero-order valence-electron chi connectivity index (χ0n) is 11.2. The third kappa shape index (κ3) is 7.09. The van der Waals surface area contributed by atoms with Crippen molar-refractivity contribution in [3.05, 3.63) is 0 Å². The highest BCUT2D eigenvalue weighted by Gasteiger charge is 2.23. The second kappa shape index (κ2) is 6.48. The summed E-state index contributed by atoms with van der Waals surface area (Å²) in [5.74, 6) is 0. The molecule has 4 heteroatoms. The maximum absolute atomic E-state index is 11.9. The van der Waals surface area contributed by atoms with Crippen molar-refractivity contribution in [2.75, 3.05) is 6.54 Å². The van der Waals surface area contributed by atoms with E-state index in [1.807, 2.05) is 34.6 Å². The number of hydrogen-bond donors (Lipinski definition) is 0. The first-order chi connectivity index (χ1) is 7.13. The van der Waals surface area contributed by atoms with Crippen molar-refractivity contribution in [1.29, 1.82) is 0 Å². The molecule has 0 bridgehead atoms. The standard InChI is InChI=1S/C12H24BrNO2/c1-9(2)14(8-7-10(3)13)11(15)16-12(4,5)6/h9-10H,7-8H2,1-6H3. The first-order valence-corrected chi connectivity index (χ1v) is 6.68. The fourth-order valence-electron chi connectivity index (χ4n) is 1.20. The van der Waals surface area contributed by atoms with Gasteiger partial charge in [0.1, 0.15) is 5.60 Å². The van der Waals surface area contributed by atoms with E-state index >= 15 is 0 Å². The van der Waals surface area contributed by atoms with Gasteiger partial charge in [-0.3, -0.25) is 0 Å². The van der Waals surface area contributed by atoms with E-state index in [0.29, 0.717) is 4.83 Å². The van der Waals surface area contributed by atoms with Crippen molar-refractivity contribution in [2.24, 2.45) is 0 Å². The Kier molecular flexibility index (Phi) is 6.38. The summed E-state index contributed by atoms with van der Waals surface area (Å²) in [7, 11) is 0. The minimum Gasteiger partial charge on any atom is -0.444 e. The highest BCUT2D eigenvalue weighted by molar-refractivity contribution is 9.09. The van der Waals surface area contributed by atoms with Crippen LogP contribution in [-0.4, -0.2) is 34.0 Å². The number of carbonyl (C=O) groups is 1. The third-order valence-electron chi connectivity index (χ3n) is 2.02. The van der Waals surface area contributed by atoms with E-state index in [-0.39, 0.29) is 12.1 Å². The van der Waals surface area contributed by atoms with Crippen molar-refractivity contribution in [3.63, 3.8) is 0 Å². The van der Waals surface area contributed by atoms with Crippen LogP contribution in [0.25, 0.3) is 0 Å². The molecule has 0 N–H and O–H groups in total. The Morgan fingerprint density at radius 1 is 1.31 bits per heavy atom. The average molecular weight is 294 g/mol. The smallest absolute Gasteiger partial charge is 0.410 e. The molecule has 0 aliphatic rings. The molecule has 1 unspecified atom stereocenters. The lowest BCUT2D eigenvalue weighted by Gasteiger charge is -2.30. The van der Waals surface area contributed by atoms with E-state index in [1.54, 1.807) is 4.90 Å². The Morgan fingerprint density at radius 3 is 2.12 bits per heavy atom. The third-order valence-corrected chi connectivity index (χ3v) is 2.48. The molecule has 0 aromatic rings. The van der Waals surface area contributed by atoms with Crippen LogP contribution in [0.1, 0.15) is 48.0 Å². The van der Waals surface area contributed by atoms with Gasteiger partial charge in [-0.15, -0.1) is 0 Å². The summed E-state index contributed by atoms with van der Waals surface area (Å²) in [6, 6.07) is 0.168. The molecule has 1 atom stereocenters. The summed E-state index contributed by atoms with van der Waals surface area (Å²) in [5.41, 5.74) is -0.426. The molecule has 0 aliphatic heterocycles. The van der Waals surface area contributed by atoms with E-state index in [0.717, 1.165) is 13.0 Å². The molecule has 0 aromatic carbocycles. The number of halogens is 1. The van der Waals surface area contributed by atoms with E-state index < -0.39 is 5.60 Å². The predicted octanol–water partition coefficient (Wildman–Crippen LogP) is 3.81. The second-order valence-electron chi connectivity index (χ2n) is 5.34. The molecule has 1 amide bonds. The number of hydrogen-bond acceptors (Lipinski definition) is 2. The topological polar surface area (TPSA) is 29.5 Å². The summed E-state index contributed by atoms with van der Waals surface area (Å²) < 4.78 is 5.37. The monoisotopic (exact) mass is 293 g/mol. The maximum atomic E-state index is 11.9. The Morgan fingerprint density at radius 2 is 1.81 bits per heavy atom. The van der Waals surface area contributed by atoms with Gasteiger partial charge in [-0.2, -0.15) is 0 Å². The molecule has 0 aromatic heterocycles. The number of alkyl halides is 1. The second-order valence-corrected chi connectivity index (χ2v) is 6.90. The highest BCUT2D eigenvalue weighted by atomic mass is 79.9. The first-order valence-electron chi connectivity index (χ1n) is 5.77. The molecule has 0 spiro atoms. The average Bonchev–Trinajstić information content (AvgIpc) is 1.98. The molecule has 0 fully saturated rings. The van der Waals surface area contributed by atoms with Crippen molar-refractivity contribution in [1.82, 2.24) is 4.90 Å². The molecule has 0 saturated heterocycles. The normalized spacial score (nSPS) is 13.8. The molecule has 0 radical (unpaired) electrons. The maximum Gasteiger partial charge on any atom is 0.410 e. The van der Waals surface area contributed by atoms with E-state index in [9.17, 15) is 4.79 Å². The van der Waals surface area contributed by atoms with Crippen molar-refractivity contribution in [2.45, 2.75) is 64.4 Å². The quantitative estimate of drug-likeness (QED) is 0.738. The Balaban J connectivity index is 4.36. The number of ether oxygens (including phenoxy) is 1. The lowest BCUT2D eigenvalue weighted by Crippen LogP contribution is -2.41. The van der Waals surface area contributed by atoms with Crippen LogP contribution < -0.4 is 0 Å². The van der Waals surface area contributed by atoms with Crippen molar-refractivity contribution >= 4 is 22.0 Å². The summed E-state index contributed by atoms with van der Waals surface area (Å²) in [4.78, 5) is 14.1. The molecule has 0 heterocycles. The molecule has 0 rings (SSSR count). The summed E-state index contributed by atoms with van der Waals surface area (Å²) in [6.07, 6.45) is 0.702. The van der Waals surface area contributed by atoms with Gasteiger partial charge in [-0.25, -0.2) is 4.79 Å². The van der Waals surface area contributed by atoms with Crippen LogP contribution in [0.3, 0.4) is 0 Å². The Bertz CT molecular complexity index is 222. The lowest BCUT2D eigenvalue weighted by atomic mass is 10.2. The molecule has 0 aliphatic carbocycles. The highest BCUT2D eigenvalue weighted by Crippen LogP contribution is 2.14. The van der Waals surface area contributed by atoms with Crippen molar-refractivity contribution < 1.29 is 9.53 Å². The van der Waals surface area contributed by atoms with Crippen LogP contribution in [0.2, 0.25) is 0 Å². The summed E-state index contributed by atoms with van der Waals surface area (Å²) in [5, 5.41) is 0. The van der Waals surface area contributed by atoms with E-state index in [2.05, 4.69) is 22.9 Å². The first kappa shape index (κ1) is 15.8. The largest absolute Gasteiger partial charge is 0.444 e. The van der Waals surface area contributed by atoms with Gasteiger partial charge in [-0.05, 0) is 41.0 Å². The number of carbonyl (C=O) groups excluding carboxylic acids is 1. The van der Waals surface area contributed by atoms with Gasteiger partial charge >= 0.3 is 6.09 Å². The Labute approximate surface area is 108 Å². The molecule has 96 valence electrons. The Hall–Kier alpha value is -0.250. The van der Waals surface area contributed by atoms with Gasteiger partial charge in [0.15, 0.2) is 0 Å². The lowest BCUT2D eigenvalue weighted by molar-refractivity contribution is 0.0190. The van der Waals surface area contributed by atoms with Gasteiger partial charge in [-0.1, -0.05) is 22.9 Å². The molecular formula is C12H24BrNO2. The van der Waals surface area contributed by atoms with E-state index in [4.69, 9.17) is 4.74 Å². The van der Waals surface area contributed by atoms with Gasteiger partial charge < -0.3 is 9.64 Å². The van der Waals surface area contributed by atoms with E-state index in [1.165, 1.54) is 0 Å². The molecule has 3 nitrogen and oxygen atoms in total. The minimum absolute atomic E-state index is 0.168.